The van der Waals surface area contributed by atoms with E-state index < -0.39 is 0 Å². The molecule has 0 radical (unpaired) electrons. The fraction of sp³-hybridized carbons (Fsp3) is 0.467. The van der Waals surface area contributed by atoms with Gasteiger partial charge in [-0.2, -0.15) is 15.0 Å². The summed E-state index contributed by atoms with van der Waals surface area (Å²) in [5, 5.41) is 5.93. The Bertz CT molecular complexity index is 676. The second kappa shape index (κ2) is 8.35. The Morgan fingerprint density at radius 2 is 2.04 bits per heavy atom. The molecule has 2 aromatic rings. The third-order valence-corrected chi connectivity index (χ3v) is 4.83. The zero-order valence-electron chi connectivity index (χ0n) is 13.4. The van der Waals surface area contributed by atoms with E-state index in [1.54, 1.807) is 25.2 Å². The molecular weight excluding hydrogens is 378 g/mol. The minimum absolute atomic E-state index is 0.113. The van der Waals surface area contributed by atoms with Gasteiger partial charge in [-0.15, -0.1) is 11.3 Å². The van der Waals surface area contributed by atoms with Gasteiger partial charge in [-0.25, -0.2) is 0 Å². The van der Waals surface area contributed by atoms with Crippen LogP contribution in [0.2, 0.25) is 0 Å². The molecule has 1 amide bonds. The smallest absolute Gasteiger partial charge is 0.234 e. The standard InChI is InChI=1S/C15H20BrN5OS/c1-4-13(22)20-15-19-10(3)18-14(21-15)17-9(2)5-6-11-7-8-12(16)23-11/h7-9H,4-6H2,1-3H3,(H2,17,18,19,20,21,22). The van der Waals surface area contributed by atoms with E-state index in [9.17, 15) is 4.79 Å². The Hall–Kier alpha value is -1.54. The summed E-state index contributed by atoms with van der Waals surface area (Å²) in [6.07, 6.45) is 2.35. The third kappa shape index (κ3) is 5.87. The molecule has 0 aliphatic rings. The fourth-order valence-electron chi connectivity index (χ4n) is 1.95. The third-order valence-electron chi connectivity index (χ3n) is 3.15. The molecule has 124 valence electrons. The first kappa shape index (κ1) is 17.8. The van der Waals surface area contributed by atoms with Crippen LogP contribution < -0.4 is 10.6 Å². The van der Waals surface area contributed by atoms with Crippen LogP contribution in [0, 0.1) is 6.92 Å². The number of carbonyl (C=O) groups is 1. The van der Waals surface area contributed by atoms with Crippen molar-refractivity contribution in [2.75, 3.05) is 10.6 Å². The quantitative estimate of drug-likeness (QED) is 0.742. The van der Waals surface area contributed by atoms with Crippen LogP contribution in [0.3, 0.4) is 0 Å². The topological polar surface area (TPSA) is 79.8 Å². The van der Waals surface area contributed by atoms with Gasteiger partial charge in [0, 0.05) is 17.3 Å². The summed E-state index contributed by atoms with van der Waals surface area (Å²) in [6.45, 7) is 5.65. The van der Waals surface area contributed by atoms with Gasteiger partial charge in [0.2, 0.25) is 17.8 Å². The van der Waals surface area contributed by atoms with E-state index in [0.717, 1.165) is 16.6 Å². The molecule has 0 aliphatic carbocycles. The monoisotopic (exact) mass is 397 g/mol. The number of anilines is 2. The Morgan fingerprint density at radius 3 is 2.70 bits per heavy atom. The zero-order chi connectivity index (χ0) is 16.8. The first-order chi connectivity index (χ1) is 11.0. The van der Waals surface area contributed by atoms with Gasteiger partial charge >= 0.3 is 0 Å². The molecule has 0 aliphatic heterocycles. The first-order valence-electron chi connectivity index (χ1n) is 7.49. The number of aryl methyl sites for hydroxylation is 2. The van der Waals surface area contributed by atoms with Gasteiger partial charge in [0.15, 0.2) is 0 Å². The number of nitrogens with one attached hydrogen (secondary N) is 2. The number of amides is 1. The summed E-state index contributed by atoms with van der Waals surface area (Å²) in [4.78, 5) is 25.4. The van der Waals surface area contributed by atoms with Gasteiger partial charge < -0.3 is 5.32 Å². The molecule has 0 fully saturated rings. The van der Waals surface area contributed by atoms with E-state index >= 15 is 0 Å². The second-order valence-corrected chi connectivity index (χ2v) is 7.77. The molecule has 0 saturated heterocycles. The summed E-state index contributed by atoms with van der Waals surface area (Å²) >= 11 is 5.23. The second-order valence-electron chi connectivity index (χ2n) is 5.22. The number of aromatic nitrogens is 3. The van der Waals surface area contributed by atoms with Crippen LogP contribution in [0.4, 0.5) is 11.9 Å². The Labute approximate surface area is 148 Å². The molecule has 0 saturated carbocycles. The molecule has 2 heterocycles. The predicted octanol–water partition coefficient (Wildman–Crippen LogP) is 3.79. The first-order valence-corrected chi connectivity index (χ1v) is 9.10. The van der Waals surface area contributed by atoms with Crippen molar-refractivity contribution in [3.05, 3.63) is 26.6 Å². The lowest BCUT2D eigenvalue weighted by Gasteiger charge is -2.14. The highest BCUT2D eigenvalue weighted by atomic mass is 79.9. The van der Waals surface area contributed by atoms with Crippen molar-refractivity contribution in [1.29, 1.82) is 0 Å². The average molecular weight is 398 g/mol. The summed E-state index contributed by atoms with van der Waals surface area (Å²) in [7, 11) is 0. The van der Waals surface area contributed by atoms with Crippen molar-refractivity contribution in [2.45, 2.75) is 46.1 Å². The minimum atomic E-state index is -0.113. The molecule has 2 rings (SSSR count). The summed E-state index contributed by atoms with van der Waals surface area (Å²) < 4.78 is 1.15. The van der Waals surface area contributed by atoms with Gasteiger partial charge in [0.25, 0.3) is 0 Å². The number of nitrogens with zero attached hydrogens (tertiary/aromatic N) is 3. The van der Waals surface area contributed by atoms with Crippen molar-refractivity contribution in [1.82, 2.24) is 15.0 Å². The Kier molecular flexibility index (Phi) is 6.47. The van der Waals surface area contributed by atoms with Gasteiger partial charge in [0.05, 0.1) is 3.79 Å². The predicted molar refractivity (Wildman–Crippen MR) is 96.9 cm³/mol. The number of rotatable bonds is 7. The number of halogens is 1. The summed E-state index contributed by atoms with van der Waals surface area (Å²) in [5.41, 5.74) is 0. The van der Waals surface area contributed by atoms with Crippen molar-refractivity contribution < 1.29 is 4.79 Å². The fourth-order valence-corrected chi connectivity index (χ4v) is 3.45. The van der Waals surface area contributed by atoms with Gasteiger partial charge in [-0.3, -0.25) is 10.1 Å². The lowest BCUT2D eigenvalue weighted by molar-refractivity contribution is -0.115. The maximum absolute atomic E-state index is 11.5. The molecule has 23 heavy (non-hydrogen) atoms. The molecule has 6 nitrogen and oxygen atoms in total. The molecule has 0 aromatic carbocycles. The van der Waals surface area contributed by atoms with E-state index in [-0.39, 0.29) is 11.9 Å². The van der Waals surface area contributed by atoms with Gasteiger partial charge in [-0.05, 0) is 54.8 Å². The number of hydrogen-bond acceptors (Lipinski definition) is 6. The highest BCUT2D eigenvalue weighted by molar-refractivity contribution is 9.11. The molecule has 0 spiro atoms. The average Bonchev–Trinajstić information content (AvgIpc) is 2.90. The normalized spacial score (nSPS) is 12.0. The van der Waals surface area contributed by atoms with Crippen molar-refractivity contribution in [3.8, 4) is 0 Å². The van der Waals surface area contributed by atoms with Crippen molar-refractivity contribution in [2.24, 2.45) is 0 Å². The molecule has 2 aromatic heterocycles. The van der Waals surface area contributed by atoms with E-state index in [1.807, 2.05) is 0 Å². The lowest BCUT2D eigenvalue weighted by Crippen LogP contribution is -2.20. The van der Waals surface area contributed by atoms with Gasteiger partial charge in [-0.1, -0.05) is 6.92 Å². The van der Waals surface area contributed by atoms with Crippen LogP contribution in [-0.2, 0) is 11.2 Å². The van der Waals surface area contributed by atoms with Crippen molar-refractivity contribution in [3.63, 3.8) is 0 Å². The Morgan fingerprint density at radius 1 is 1.30 bits per heavy atom. The molecular formula is C15H20BrN5OS. The minimum Gasteiger partial charge on any atom is -0.352 e. The van der Waals surface area contributed by atoms with Crippen LogP contribution in [0.15, 0.2) is 15.9 Å². The summed E-state index contributed by atoms with van der Waals surface area (Å²) in [5.74, 6) is 1.24. The van der Waals surface area contributed by atoms with Crippen LogP contribution in [-0.4, -0.2) is 26.9 Å². The van der Waals surface area contributed by atoms with Crippen LogP contribution in [0.1, 0.15) is 37.4 Å². The number of carbonyl (C=O) groups excluding carboxylic acids is 1. The molecule has 8 heteroatoms. The van der Waals surface area contributed by atoms with E-state index in [4.69, 9.17) is 0 Å². The highest BCUT2D eigenvalue weighted by Gasteiger charge is 2.10. The molecule has 1 atom stereocenters. The summed E-state index contributed by atoms with van der Waals surface area (Å²) in [6, 6.07) is 4.41. The van der Waals surface area contributed by atoms with Crippen LogP contribution >= 0.6 is 27.3 Å². The van der Waals surface area contributed by atoms with E-state index in [2.05, 4.69) is 60.6 Å². The van der Waals surface area contributed by atoms with E-state index in [1.165, 1.54) is 4.88 Å². The van der Waals surface area contributed by atoms with Gasteiger partial charge in [0.1, 0.15) is 5.82 Å². The largest absolute Gasteiger partial charge is 0.352 e. The maximum atomic E-state index is 11.5. The number of hydrogen-bond donors (Lipinski definition) is 2. The molecule has 0 bridgehead atoms. The number of thiophene rings is 1. The highest BCUT2D eigenvalue weighted by Crippen LogP contribution is 2.23. The Balaban J connectivity index is 1.94. The lowest BCUT2D eigenvalue weighted by atomic mass is 10.1. The SMILES string of the molecule is CCC(=O)Nc1nc(C)nc(NC(C)CCc2ccc(Br)s2)n1. The molecule has 2 N–H and O–H groups in total. The molecule has 1 unspecified atom stereocenters. The zero-order valence-corrected chi connectivity index (χ0v) is 15.8. The van der Waals surface area contributed by atoms with Crippen LogP contribution in [0.5, 0.6) is 0 Å². The van der Waals surface area contributed by atoms with Crippen LogP contribution in [0.25, 0.3) is 0 Å². The van der Waals surface area contributed by atoms with Crippen molar-refractivity contribution >= 4 is 45.1 Å². The van der Waals surface area contributed by atoms with E-state index in [0.29, 0.717) is 24.1 Å². The maximum Gasteiger partial charge on any atom is 0.234 e.